The van der Waals surface area contributed by atoms with Gasteiger partial charge >= 0.3 is 0 Å². The molecule has 20 heavy (non-hydrogen) atoms. The summed E-state index contributed by atoms with van der Waals surface area (Å²) in [5.41, 5.74) is 7.87. The van der Waals surface area contributed by atoms with Crippen molar-refractivity contribution in [2.45, 2.75) is 39.2 Å². The zero-order valence-electron chi connectivity index (χ0n) is 12.2. The normalized spacial score (nSPS) is 22.9. The van der Waals surface area contributed by atoms with Gasteiger partial charge in [0.05, 0.1) is 5.56 Å². The first kappa shape index (κ1) is 15.8. The minimum atomic E-state index is 0.142. The zero-order chi connectivity index (χ0) is 14.7. The van der Waals surface area contributed by atoms with Crippen molar-refractivity contribution < 1.29 is 4.79 Å². The van der Waals surface area contributed by atoms with Gasteiger partial charge in [-0.05, 0) is 59.9 Å². The van der Waals surface area contributed by atoms with Crippen LogP contribution in [0.2, 0.25) is 0 Å². The molecule has 3 nitrogen and oxygen atoms in total. The smallest absolute Gasteiger partial charge is 0.255 e. The molecule has 1 heterocycles. The summed E-state index contributed by atoms with van der Waals surface area (Å²) in [6.07, 6.45) is 3.32. The molecule has 2 N–H and O–H groups in total. The molecule has 1 aromatic rings. The van der Waals surface area contributed by atoms with Crippen molar-refractivity contribution in [3.63, 3.8) is 0 Å². The van der Waals surface area contributed by atoms with E-state index in [9.17, 15) is 4.79 Å². The van der Waals surface area contributed by atoms with E-state index in [2.05, 4.69) is 29.5 Å². The minimum absolute atomic E-state index is 0.142. The van der Waals surface area contributed by atoms with Crippen LogP contribution in [0.5, 0.6) is 0 Å². The number of carbonyl (C=O) groups excluding carboxylic acids is 1. The second kappa shape index (κ2) is 6.89. The van der Waals surface area contributed by atoms with Crippen molar-refractivity contribution in [1.29, 1.82) is 0 Å². The van der Waals surface area contributed by atoms with Gasteiger partial charge in [0, 0.05) is 22.7 Å². The Balaban J connectivity index is 2.22. The quantitative estimate of drug-likeness (QED) is 0.812. The van der Waals surface area contributed by atoms with Crippen molar-refractivity contribution in [3.8, 4) is 0 Å². The molecule has 2 atom stereocenters. The molecule has 1 aliphatic heterocycles. The van der Waals surface area contributed by atoms with Crippen LogP contribution >= 0.6 is 22.6 Å². The fraction of sp³-hybridized carbons (Fsp3) is 0.562. The van der Waals surface area contributed by atoms with Gasteiger partial charge in [-0.3, -0.25) is 4.79 Å². The van der Waals surface area contributed by atoms with Gasteiger partial charge in [-0.15, -0.1) is 0 Å². The standard InChI is InChI=1S/C16H23IN2O/c1-3-12-7-8-19(13(9-12)10-18)16(20)14-6-4-5-11(2)15(14)17/h4-6,12-13H,3,7-10,18H2,1-2H3. The topological polar surface area (TPSA) is 46.3 Å². The van der Waals surface area contributed by atoms with Gasteiger partial charge in [-0.1, -0.05) is 25.5 Å². The Hall–Kier alpha value is -0.620. The number of rotatable bonds is 3. The lowest BCUT2D eigenvalue weighted by Gasteiger charge is -2.39. The molecule has 0 spiro atoms. The highest BCUT2D eigenvalue weighted by atomic mass is 127. The van der Waals surface area contributed by atoms with Gasteiger partial charge in [-0.2, -0.15) is 0 Å². The van der Waals surface area contributed by atoms with Crippen molar-refractivity contribution >= 4 is 28.5 Å². The summed E-state index contributed by atoms with van der Waals surface area (Å²) >= 11 is 2.27. The highest BCUT2D eigenvalue weighted by Crippen LogP contribution is 2.27. The molecule has 1 aromatic carbocycles. The molecule has 0 radical (unpaired) electrons. The van der Waals surface area contributed by atoms with E-state index in [0.717, 1.165) is 34.1 Å². The number of piperidine rings is 1. The maximum atomic E-state index is 12.8. The molecule has 0 aromatic heterocycles. The number of likely N-dealkylation sites (tertiary alicyclic amines) is 1. The fourth-order valence-corrected chi connectivity index (χ4v) is 3.55. The van der Waals surface area contributed by atoms with Gasteiger partial charge in [0.25, 0.3) is 5.91 Å². The van der Waals surface area contributed by atoms with E-state index in [-0.39, 0.29) is 11.9 Å². The SMILES string of the molecule is CCC1CCN(C(=O)c2cccc(C)c2I)C(CN)C1. The summed E-state index contributed by atoms with van der Waals surface area (Å²) in [6, 6.07) is 6.12. The minimum Gasteiger partial charge on any atom is -0.334 e. The van der Waals surface area contributed by atoms with Crippen molar-refractivity contribution in [2.24, 2.45) is 11.7 Å². The van der Waals surface area contributed by atoms with E-state index in [4.69, 9.17) is 5.73 Å². The van der Waals surface area contributed by atoms with E-state index in [1.807, 2.05) is 30.0 Å². The molecule has 2 rings (SSSR count). The zero-order valence-corrected chi connectivity index (χ0v) is 14.4. The van der Waals surface area contributed by atoms with Crippen LogP contribution in [0.4, 0.5) is 0 Å². The molecular weight excluding hydrogens is 363 g/mol. The van der Waals surface area contributed by atoms with Crippen LogP contribution in [0.25, 0.3) is 0 Å². The number of aryl methyl sites for hydroxylation is 1. The van der Waals surface area contributed by atoms with Crippen LogP contribution in [0, 0.1) is 16.4 Å². The van der Waals surface area contributed by atoms with E-state index in [0.29, 0.717) is 12.5 Å². The molecule has 110 valence electrons. The Morgan fingerprint density at radius 2 is 2.25 bits per heavy atom. The Morgan fingerprint density at radius 3 is 2.90 bits per heavy atom. The van der Waals surface area contributed by atoms with Gasteiger partial charge in [0.2, 0.25) is 0 Å². The lowest BCUT2D eigenvalue weighted by molar-refractivity contribution is 0.0557. The molecule has 2 unspecified atom stereocenters. The summed E-state index contributed by atoms with van der Waals surface area (Å²) < 4.78 is 1.06. The van der Waals surface area contributed by atoms with Gasteiger partial charge in [-0.25, -0.2) is 0 Å². The first-order chi connectivity index (χ1) is 9.58. The maximum Gasteiger partial charge on any atom is 0.255 e. The third-order valence-corrected chi connectivity index (χ3v) is 5.79. The van der Waals surface area contributed by atoms with Crippen LogP contribution in [0.1, 0.15) is 42.1 Å². The number of hydrogen-bond donors (Lipinski definition) is 1. The predicted molar refractivity (Wildman–Crippen MR) is 90.8 cm³/mol. The summed E-state index contributed by atoms with van der Waals surface area (Å²) in [5, 5.41) is 0. The number of benzene rings is 1. The Kier molecular flexibility index (Phi) is 5.43. The summed E-state index contributed by atoms with van der Waals surface area (Å²) in [5.74, 6) is 0.854. The van der Waals surface area contributed by atoms with Crippen LogP contribution in [-0.4, -0.2) is 29.9 Å². The third-order valence-electron chi connectivity index (χ3n) is 4.36. The lowest BCUT2D eigenvalue weighted by Crippen LogP contribution is -2.49. The van der Waals surface area contributed by atoms with E-state index in [1.165, 1.54) is 6.42 Å². The van der Waals surface area contributed by atoms with Crippen molar-refractivity contribution in [3.05, 3.63) is 32.9 Å². The first-order valence-electron chi connectivity index (χ1n) is 7.34. The number of hydrogen-bond acceptors (Lipinski definition) is 2. The highest BCUT2D eigenvalue weighted by molar-refractivity contribution is 14.1. The van der Waals surface area contributed by atoms with Crippen molar-refractivity contribution in [2.75, 3.05) is 13.1 Å². The fourth-order valence-electron chi connectivity index (χ4n) is 2.96. The van der Waals surface area contributed by atoms with Crippen molar-refractivity contribution in [1.82, 2.24) is 4.90 Å². The highest BCUT2D eigenvalue weighted by Gasteiger charge is 2.31. The second-order valence-electron chi connectivity index (χ2n) is 5.62. The molecule has 0 bridgehead atoms. The van der Waals surface area contributed by atoms with Gasteiger partial charge in [0.1, 0.15) is 0 Å². The van der Waals surface area contributed by atoms with E-state index < -0.39 is 0 Å². The average Bonchev–Trinajstić information content (AvgIpc) is 2.48. The third kappa shape index (κ3) is 3.17. The molecule has 1 fully saturated rings. The Morgan fingerprint density at radius 1 is 1.50 bits per heavy atom. The number of nitrogens with two attached hydrogens (primary N) is 1. The van der Waals surface area contributed by atoms with Crippen LogP contribution in [-0.2, 0) is 0 Å². The van der Waals surface area contributed by atoms with Crippen LogP contribution in [0.3, 0.4) is 0 Å². The van der Waals surface area contributed by atoms with Crippen LogP contribution in [0.15, 0.2) is 18.2 Å². The van der Waals surface area contributed by atoms with E-state index in [1.54, 1.807) is 0 Å². The van der Waals surface area contributed by atoms with Gasteiger partial charge in [0.15, 0.2) is 0 Å². The molecule has 1 aliphatic rings. The lowest BCUT2D eigenvalue weighted by atomic mass is 9.88. The molecule has 4 heteroatoms. The molecule has 1 amide bonds. The number of amides is 1. The Bertz CT molecular complexity index is 489. The number of nitrogens with zero attached hydrogens (tertiary/aromatic N) is 1. The molecular formula is C16H23IN2O. The Labute approximate surface area is 135 Å². The first-order valence-corrected chi connectivity index (χ1v) is 8.42. The maximum absolute atomic E-state index is 12.8. The number of carbonyl (C=O) groups is 1. The van der Waals surface area contributed by atoms with E-state index >= 15 is 0 Å². The number of halogens is 1. The van der Waals surface area contributed by atoms with Gasteiger partial charge < -0.3 is 10.6 Å². The summed E-state index contributed by atoms with van der Waals surface area (Å²) in [4.78, 5) is 14.8. The summed E-state index contributed by atoms with van der Waals surface area (Å²) in [6.45, 7) is 5.66. The largest absolute Gasteiger partial charge is 0.334 e. The predicted octanol–water partition coefficient (Wildman–Crippen LogP) is 3.19. The summed E-state index contributed by atoms with van der Waals surface area (Å²) in [7, 11) is 0. The molecule has 0 saturated carbocycles. The second-order valence-corrected chi connectivity index (χ2v) is 6.70. The molecule has 0 aliphatic carbocycles. The average molecular weight is 386 g/mol. The molecule has 1 saturated heterocycles. The van der Waals surface area contributed by atoms with Crippen LogP contribution < -0.4 is 5.73 Å². The monoisotopic (exact) mass is 386 g/mol.